The van der Waals surface area contributed by atoms with Crippen molar-refractivity contribution in [3.05, 3.63) is 36.0 Å². The first-order valence-corrected chi connectivity index (χ1v) is 18.0. The predicted molar refractivity (Wildman–Crippen MR) is 179 cm³/mol. The molecule has 3 aromatic rings. The normalized spacial score (nSPS) is 28.6. The number of alkyl carbamates (subject to hydrolysis) is 1. The number of amides is 3. The first-order chi connectivity index (χ1) is 23.7. The summed E-state index contributed by atoms with van der Waals surface area (Å²) in [6.45, 7) is 0.0325. The Labute approximate surface area is 287 Å². The highest BCUT2D eigenvalue weighted by molar-refractivity contribution is 7.17. The molecule has 7 rings (SSSR count). The number of nitrogens with zero attached hydrogens (tertiary/aromatic N) is 5. The maximum absolute atomic E-state index is 14.4. The van der Waals surface area contributed by atoms with E-state index in [2.05, 4.69) is 20.6 Å². The van der Waals surface area contributed by atoms with Crippen molar-refractivity contribution in [1.82, 2.24) is 35.1 Å². The number of nitrogens with one attached hydrogen (secondary N) is 2. The molecule has 1 saturated heterocycles. The number of aryl methyl sites for hydroxylation is 1. The van der Waals surface area contributed by atoms with Gasteiger partial charge < -0.3 is 34.7 Å². The van der Waals surface area contributed by atoms with Gasteiger partial charge in [0.15, 0.2) is 11.6 Å². The van der Waals surface area contributed by atoms with Crippen LogP contribution in [0, 0.1) is 5.92 Å². The molecule has 5 atom stereocenters. The average molecular weight is 692 g/mol. The number of thiophene rings is 1. The Morgan fingerprint density at radius 3 is 2.69 bits per heavy atom. The van der Waals surface area contributed by atoms with E-state index < -0.39 is 47.6 Å². The molecular weight excluding hydrogens is 650 g/mol. The summed E-state index contributed by atoms with van der Waals surface area (Å²) in [5.41, 5.74) is -0.757. The summed E-state index contributed by atoms with van der Waals surface area (Å²) in [5, 5.41) is 17.7. The van der Waals surface area contributed by atoms with Crippen LogP contribution in [0.3, 0.4) is 0 Å². The largest absolute Gasteiger partial charge is 0.479 e. The van der Waals surface area contributed by atoms with E-state index in [1.165, 1.54) is 16.2 Å². The summed E-state index contributed by atoms with van der Waals surface area (Å²) in [7, 11) is 1.84. The Kier molecular flexibility index (Phi) is 9.27. The van der Waals surface area contributed by atoms with Crippen molar-refractivity contribution >= 4 is 45.4 Å². The van der Waals surface area contributed by atoms with Gasteiger partial charge in [0.25, 0.3) is 0 Å². The van der Waals surface area contributed by atoms with Crippen LogP contribution < -0.4 is 15.4 Å². The highest BCUT2D eigenvalue weighted by atomic mass is 32.1. The molecule has 2 aliphatic heterocycles. The maximum atomic E-state index is 14.4. The topological polar surface area (TPSA) is 178 Å². The second kappa shape index (κ2) is 13.8. The van der Waals surface area contributed by atoms with Gasteiger partial charge in [-0.25, -0.2) is 19.6 Å². The smallest absolute Gasteiger partial charge is 0.408 e. The number of hydrogen-bond acceptors (Lipinski definition) is 10. The molecule has 3 N–H and O–H groups in total. The number of allylic oxidation sites excluding steroid dienone is 1. The van der Waals surface area contributed by atoms with Gasteiger partial charge in [0.05, 0.1) is 12.1 Å². The van der Waals surface area contributed by atoms with Crippen molar-refractivity contribution in [2.45, 2.75) is 100 Å². The van der Waals surface area contributed by atoms with Crippen molar-refractivity contribution in [3.8, 4) is 17.5 Å². The lowest BCUT2D eigenvalue weighted by Crippen LogP contribution is -2.56. The van der Waals surface area contributed by atoms with Crippen molar-refractivity contribution in [2.24, 2.45) is 13.0 Å². The Balaban J connectivity index is 1.18. The second-order valence-electron chi connectivity index (χ2n) is 13.5. The number of imidazole rings is 1. The number of aliphatic carboxylic acids is 1. The summed E-state index contributed by atoms with van der Waals surface area (Å²) in [6, 6.07) is -0.0960. The summed E-state index contributed by atoms with van der Waals surface area (Å²) in [6.07, 6.45) is 13.2. The van der Waals surface area contributed by atoms with Gasteiger partial charge in [0.1, 0.15) is 34.5 Å². The van der Waals surface area contributed by atoms with E-state index >= 15 is 0 Å². The van der Waals surface area contributed by atoms with E-state index in [-0.39, 0.29) is 31.4 Å². The number of ether oxygens (including phenoxy) is 2. The Morgan fingerprint density at radius 1 is 1.10 bits per heavy atom. The van der Waals surface area contributed by atoms with Crippen LogP contribution in [0.15, 0.2) is 36.0 Å². The van der Waals surface area contributed by atoms with Crippen LogP contribution in [0.1, 0.15) is 70.6 Å². The van der Waals surface area contributed by atoms with E-state index in [4.69, 9.17) is 14.5 Å². The van der Waals surface area contributed by atoms with Crippen LogP contribution in [0.4, 0.5) is 4.79 Å². The van der Waals surface area contributed by atoms with Gasteiger partial charge in [-0.3, -0.25) is 9.59 Å². The fourth-order valence-corrected chi connectivity index (χ4v) is 8.00. The van der Waals surface area contributed by atoms with E-state index in [9.17, 15) is 24.3 Å². The number of carbonyl (C=O) groups excluding carboxylic acids is 3. The molecule has 0 aromatic carbocycles. The summed E-state index contributed by atoms with van der Waals surface area (Å²) in [5.74, 6) is -1.22. The Bertz CT molecular complexity index is 1770. The van der Waals surface area contributed by atoms with Crippen LogP contribution in [-0.4, -0.2) is 89.8 Å². The highest BCUT2D eigenvalue weighted by Crippen LogP contribution is 2.45. The molecule has 1 unspecified atom stereocenters. The zero-order chi connectivity index (χ0) is 34.1. The minimum Gasteiger partial charge on any atom is -0.479 e. The standard InChI is InChI=1S/C34H41N7O7S/c1-40-15-14-35-28(40)27-36-23-13-16-49-26(23)30(38-27)47-22-17-25-29(42)39-34(32(44)45)18-20(34)9-5-3-2-4-6-12-24(31(43)41(25)19-22)37-33(46)48-21-10-7-8-11-21/h5,9,13-16,20-22,24-25H,2-4,6-8,10-12,17-19H2,1H3,(H,37,46)(H,39,42)(H,44,45)/b9-5-/t20-,22-,24?,25+,34-/m1/s1. The zero-order valence-corrected chi connectivity index (χ0v) is 28.2. The van der Waals surface area contributed by atoms with Gasteiger partial charge in [-0.1, -0.05) is 25.0 Å². The van der Waals surface area contributed by atoms with Crippen LogP contribution >= 0.6 is 11.3 Å². The third-order valence-corrected chi connectivity index (χ3v) is 11.0. The summed E-state index contributed by atoms with van der Waals surface area (Å²) >= 11 is 1.41. The van der Waals surface area contributed by atoms with Gasteiger partial charge in [-0.2, -0.15) is 4.98 Å². The lowest BCUT2D eigenvalue weighted by molar-refractivity contribution is -0.145. The van der Waals surface area contributed by atoms with E-state index in [0.717, 1.165) is 44.9 Å². The molecule has 3 aromatic heterocycles. The average Bonchev–Trinajstić information content (AvgIpc) is 3.67. The van der Waals surface area contributed by atoms with Crippen LogP contribution in [0.5, 0.6) is 5.88 Å². The third kappa shape index (κ3) is 6.85. The lowest BCUT2D eigenvalue weighted by atomic mass is 10.0. The highest BCUT2D eigenvalue weighted by Gasteiger charge is 2.61. The number of aromatic nitrogens is 4. The predicted octanol–water partition coefficient (Wildman–Crippen LogP) is 3.96. The molecule has 14 nitrogen and oxygen atoms in total. The van der Waals surface area contributed by atoms with Crippen LogP contribution in [-0.2, 0) is 26.2 Å². The first-order valence-electron chi connectivity index (χ1n) is 17.1. The quantitative estimate of drug-likeness (QED) is 0.321. The van der Waals surface area contributed by atoms with E-state index in [1.807, 2.05) is 30.6 Å². The number of carboxylic acid groups (broad SMARTS) is 1. The minimum atomic E-state index is -1.43. The molecule has 0 radical (unpaired) electrons. The van der Waals surface area contributed by atoms with Crippen molar-refractivity contribution in [3.63, 3.8) is 0 Å². The first kappa shape index (κ1) is 33.0. The van der Waals surface area contributed by atoms with Crippen molar-refractivity contribution < 1.29 is 33.8 Å². The van der Waals surface area contributed by atoms with Crippen LogP contribution in [0.25, 0.3) is 21.9 Å². The molecule has 5 heterocycles. The summed E-state index contributed by atoms with van der Waals surface area (Å²) < 4.78 is 14.6. The molecular formula is C34H41N7O7S. The van der Waals surface area contributed by atoms with Gasteiger partial charge >= 0.3 is 12.1 Å². The SMILES string of the molecule is Cn1ccnc1-c1nc(O[C@@H]2C[C@H]3C(=O)N[C@]4(C(=O)O)C[C@H]4/C=C\CCCCCC(NC(=O)OC4CCCC4)C(=O)N3C2)c2sccc2n1. The fraction of sp³-hybridized carbons (Fsp3) is 0.559. The van der Waals surface area contributed by atoms with Crippen molar-refractivity contribution in [1.29, 1.82) is 0 Å². The fourth-order valence-electron chi connectivity index (χ4n) is 7.24. The van der Waals surface area contributed by atoms with Gasteiger partial charge in [-0.15, -0.1) is 11.3 Å². The zero-order valence-electron chi connectivity index (χ0n) is 27.4. The minimum absolute atomic E-state index is 0.0325. The molecule has 0 bridgehead atoms. The number of fused-ring (bicyclic) bond motifs is 3. The Morgan fingerprint density at radius 2 is 1.92 bits per heavy atom. The molecule has 2 aliphatic carbocycles. The monoisotopic (exact) mass is 691 g/mol. The Hall–Kier alpha value is -4.53. The number of hydrogen-bond donors (Lipinski definition) is 3. The molecule has 3 fully saturated rings. The van der Waals surface area contributed by atoms with Gasteiger partial charge in [0.2, 0.25) is 17.7 Å². The molecule has 0 spiro atoms. The molecule has 260 valence electrons. The number of rotatable bonds is 6. The third-order valence-electron chi connectivity index (χ3n) is 10.1. The maximum Gasteiger partial charge on any atom is 0.408 e. The van der Waals surface area contributed by atoms with Gasteiger partial charge in [0, 0.05) is 31.8 Å². The molecule has 15 heteroatoms. The molecule has 4 aliphatic rings. The molecule has 3 amide bonds. The molecule has 2 saturated carbocycles. The van der Waals surface area contributed by atoms with Crippen LogP contribution in [0.2, 0.25) is 0 Å². The summed E-state index contributed by atoms with van der Waals surface area (Å²) in [4.78, 5) is 69.0. The second-order valence-corrected chi connectivity index (χ2v) is 14.4. The van der Waals surface area contributed by atoms with E-state index in [0.29, 0.717) is 40.6 Å². The number of carbonyl (C=O) groups is 4. The molecule has 49 heavy (non-hydrogen) atoms. The van der Waals surface area contributed by atoms with E-state index in [1.54, 1.807) is 17.0 Å². The van der Waals surface area contributed by atoms with Crippen molar-refractivity contribution in [2.75, 3.05) is 6.54 Å². The lowest BCUT2D eigenvalue weighted by Gasteiger charge is -2.29. The number of carboxylic acids is 1. The van der Waals surface area contributed by atoms with Gasteiger partial charge in [-0.05, 0) is 62.8 Å².